The van der Waals surface area contributed by atoms with Gasteiger partial charge in [-0.3, -0.25) is 9.59 Å². The SMILES string of the molecule is CC(C)c1ccccc1OCC(=O)N(Cc1ccc(Br)cc1)[C@H](Cc1ccccc1)C(=O)NC1CCCCC1. The average molecular weight is 592 g/mol. The molecule has 0 radical (unpaired) electrons. The van der Waals surface area contributed by atoms with Crippen molar-refractivity contribution < 1.29 is 14.3 Å². The second-order valence-electron chi connectivity index (χ2n) is 10.7. The van der Waals surface area contributed by atoms with Crippen molar-refractivity contribution >= 4 is 27.7 Å². The van der Waals surface area contributed by atoms with Crippen LogP contribution in [0.25, 0.3) is 0 Å². The molecule has 1 N–H and O–H groups in total. The Morgan fingerprint density at radius 2 is 1.56 bits per heavy atom. The van der Waals surface area contributed by atoms with Gasteiger partial charge in [0.1, 0.15) is 11.8 Å². The summed E-state index contributed by atoms with van der Waals surface area (Å²) >= 11 is 3.50. The minimum absolute atomic E-state index is 0.0983. The zero-order valence-corrected chi connectivity index (χ0v) is 24.5. The second kappa shape index (κ2) is 14.3. The van der Waals surface area contributed by atoms with Crippen LogP contribution in [0.2, 0.25) is 0 Å². The molecule has 1 saturated carbocycles. The van der Waals surface area contributed by atoms with Crippen LogP contribution in [0.5, 0.6) is 5.75 Å². The fraction of sp³-hybridized carbons (Fsp3) is 0.394. The van der Waals surface area contributed by atoms with Crippen molar-refractivity contribution in [3.05, 3.63) is 100 Å². The molecule has 2 amide bonds. The van der Waals surface area contributed by atoms with Crippen LogP contribution >= 0.6 is 15.9 Å². The lowest BCUT2D eigenvalue weighted by Crippen LogP contribution is -2.53. The first kappa shape index (κ1) is 28.9. The van der Waals surface area contributed by atoms with Crippen molar-refractivity contribution in [1.82, 2.24) is 10.2 Å². The number of halogens is 1. The fourth-order valence-corrected chi connectivity index (χ4v) is 5.46. The maximum Gasteiger partial charge on any atom is 0.261 e. The molecule has 3 aromatic carbocycles. The number of nitrogens with zero attached hydrogens (tertiary/aromatic N) is 1. The van der Waals surface area contributed by atoms with Crippen molar-refractivity contribution in [2.24, 2.45) is 0 Å². The van der Waals surface area contributed by atoms with Gasteiger partial charge in [-0.1, -0.05) is 110 Å². The molecule has 3 aromatic rings. The Kier molecular flexibility index (Phi) is 10.6. The van der Waals surface area contributed by atoms with E-state index in [2.05, 4.69) is 35.1 Å². The Balaban J connectivity index is 1.62. The third-order valence-electron chi connectivity index (χ3n) is 7.38. The van der Waals surface area contributed by atoms with Gasteiger partial charge in [-0.25, -0.2) is 0 Å². The Labute approximate surface area is 241 Å². The number of ether oxygens (including phenoxy) is 1. The van der Waals surface area contributed by atoms with Gasteiger partial charge in [-0.05, 0) is 53.6 Å². The number of hydrogen-bond donors (Lipinski definition) is 1. The van der Waals surface area contributed by atoms with Crippen LogP contribution in [-0.2, 0) is 22.6 Å². The highest BCUT2D eigenvalue weighted by Gasteiger charge is 2.32. The summed E-state index contributed by atoms with van der Waals surface area (Å²) in [5.74, 6) is 0.660. The van der Waals surface area contributed by atoms with Gasteiger partial charge in [-0.15, -0.1) is 0 Å². The van der Waals surface area contributed by atoms with E-state index in [0.29, 0.717) is 18.7 Å². The van der Waals surface area contributed by atoms with E-state index in [9.17, 15) is 9.59 Å². The topological polar surface area (TPSA) is 58.6 Å². The van der Waals surface area contributed by atoms with Crippen molar-refractivity contribution in [1.29, 1.82) is 0 Å². The van der Waals surface area contributed by atoms with E-state index in [1.807, 2.05) is 78.9 Å². The van der Waals surface area contributed by atoms with Gasteiger partial charge in [0.05, 0.1) is 0 Å². The first-order valence-corrected chi connectivity index (χ1v) is 14.8. The number of nitrogens with one attached hydrogen (secondary N) is 1. The molecule has 0 spiro atoms. The molecule has 0 unspecified atom stereocenters. The number of benzene rings is 3. The lowest BCUT2D eigenvalue weighted by atomic mass is 9.94. The summed E-state index contributed by atoms with van der Waals surface area (Å²) in [4.78, 5) is 29.5. The van der Waals surface area contributed by atoms with Gasteiger partial charge >= 0.3 is 0 Å². The van der Waals surface area contributed by atoms with Crippen molar-refractivity contribution in [2.45, 2.75) is 76.9 Å². The molecule has 6 heteroatoms. The maximum atomic E-state index is 13.9. The quantitative estimate of drug-likeness (QED) is 0.260. The minimum atomic E-state index is -0.658. The summed E-state index contributed by atoms with van der Waals surface area (Å²) < 4.78 is 7.06. The van der Waals surface area contributed by atoms with Gasteiger partial charge in [0.15, 0.2) is 6.61 Å². The Hall–Kier alpha value is -3.12. The number of rotatable bonds is 11. The molecular formula is C33H39BrN2O3. The van der Waals surface area contributed by atoms with E-state index in [0.717, 1.165) is 46.8 Å². The molecule has 0 heterocycles. The normalized spacial score (nSPS) is 14.6. The molecule has 5 nitrogen and oxygen atoms in total. The molecule has 39 heavy (non-hydrogen) atoms. The average Bonchev–Trinajstić information content (AvgIpc) is 2.95. The van der Waals surface area contributed by atoms with Crippen molar-refractivity contribution in [2.75, 3.05) is 6.61 Å². The molecule has 0 bridgehead atoms. The third-order valence-corrected chi connectivity index (χ3v) is 7.91. The molecule has 1 aliphatic carbocycles. The Bertz CT molecular complexity index is 1210. The van der Waals surface area contributed by atoms with Crippen LogP contribution in [0.1, 0.15) is 68.6 Å². The first-order chi connectivity index (χ1) is 18.9. The zero-order chi connectivity index (χ0) is 27.6. The number of carbonyl (C=O) groups is 2. The van der Waals surface area contributed by atoms with Gasteiger partial charge in [0.2, 0.25) is 5.91 Å². The monoisotopic (exact) mass is 590 g/mol. The van der Waals surface area contributed by atoms with E-state index in [4.69, 9.17) is 4.74 Å². The van der Waals surface area contributed by atoms with Crippen molar-refractivity contribution in [3.63, 3.8) is 0 Å². The highest BCUT2D eigenvalue weighted by molar-refractivity contribution is 9.10. The number of para-hydroxylation sites is 1. The lowest BCUT2D eigenvalue weighted by Gasteiger charge is -2.33. The van der Waals surface area contributed by atoms with Gasteiger partial charge < -0.3 is 15.0 Å². The van der Waals surface area contributed by atoms with Crippen LogP contribution in [-0.4, -0.2) is 35.4 Å². The standard InChI is InChI=1S/C33H39BrN2O3/c1-24(2)29-15-9-10-16-31(29)39-23-32(37)36(22-26-17-19-27(34)20-18-26)30(21-25-11-5-3-6-12-25)33(38)35-28-13-7-4-8-14-28/h3,5-6,9-12,15-20,24,28,30H,4,7-8,13-14,21-23H2,1-2H3,(H,35,38)/t30-/m1/s1. The Morgan fingerprint density at radius 1 is 0.897 bits per heavy atom. The molecule has 4 rings (SSSR count). The smallest absolute Gasteiger partial charge is 0.261 e. The molecule has 0 aliphatic heterocycles. The van der Waals surface area contributed by atoms with E-state index < -0.39 is 6.04 Å². The highest BCUT2D eigenvalue weighted by atomic mass is 79.9. The predicted octanol–water partition coefficient (Wildman–Crippen LogP) is 7.04. The zero-order valence-electron chi connectivity index (χ0n) is 22.9. The summed E-state index contributed by atoms with van der Waals surface area (Å²) in [5, 5.41) is 3.29. The number of amides is 2. The second-order valence-corrected chi connectivity index (χ2v) is 11.6. The van der Waals surface area contributed by atoms with Crippen LogP contribution in [0.15, 0.2) is 83.3 Å². The molecule has 0 saturated heterocycles. The first-order valence-electron chi connectivity index (χ1n) is 14.0. The molecule has 1 fully saturated rings. The van der Waals surface area contributed by atoms with Crippen LogP contribution < -0.4 is 10.1 Å². The van der Waals surface area contributed by atoms with E-state index >= 15 is 0 Å². The summed E-state index contributed by atoms with van der Waals surface area (Å²) in [6, 6.07) is 25.1. The van der Waals surface area contributed by atoms with Gasteiger partial charge in [0, 0.05) is 23.5 Å². The molecule has 1 aliphatic rings. The summed E-state index contributed by atoms with van der Waals surface area (Å²) in [6.45, 7) is 4.39. The van der Waals surface area contributed by atoms with E-state index in [1.165, 1.54) is 6.42 Å². The van der Waals surface area contributed by atoms with Crippen LogP contribution in [0, 0.1) is 0 Å². The predicted molar refractivity (Wildman–Crippen MR) is 160 cm³/mol. The van der Waals surface area contributed by atoms with Crippen LogP contribution in [0.4, 0.5) is 0 Å². The lowest BCUT2D eigenvalue weighted by molar-refractivity contribution is -0.143. The van der Waals surface area contributed by atoms with Gasteiger partial charge in [-0.2, -0.15) is 0 Å². The molecule has 0 aromatic heterocycles. The number of carbonyl (C=O) groups excluding carboxylic acids is 2. The third kappa shape index (κ3) is 8.43. The molecule has 206 valence electrons. The van der Waals surface area contributed by atoms with E-state index in [1.54, 1.807) is 4.90 Å². The summed E-state index contributed by atoms with van der Waals surface area (Å²) in [6.07, 6.45) is 5.87. The van der Waals surface area contributed by atoms with Crippen LogP contribution in [0.3, 0.4) is 0 Å². The van der Waals surface area contributed by atoms with E-state index in [-0.39, 0.29) is 30.4 Å². The minimum Gasteiger partial charge on any atom is -0.483 e. The van der Waals surface area contributed by atoms with Gasteiger partial charge in [0.25, 0.3) is 5.91 Å². The summed E-state index contributed by atoms with van der Waals surface area (Å²) in [7, 11) is 0. The maximum absolute atomic E-state index is 13.9. The molecule has 1 atom stereocenters. The number of hydrogen-bond acceptors (Lipinski definition) is 3. The largest absolute Gasteiger partial charge is 0.483 e. The molecular weight excluding hydrogens is 552 g/mol. The fourth-order valence-electron chi connectivity index (χ4n) is 5.20. The van der Waals surface area contributed by atoms with Crippen molar-refractivity contribution in [3.8, 4) is 5.75 Å². The Morgan fingerprint density at radius 3 is 2.26 bits per heavy atom. The highest BCUT2D eigenvalue weighted by Crippen LogP contribution is 2.26. The summed E-state index contributed by atoms with van der Waals surface area (Å²) in [5.41, 5.74) is 3.03.